The van der Waals surface area contributed by atoms with Crippen LogP contribution in [0.4, 0.5) is 13.9 Å². The monoisotopic (exact) mass is 334 g/mol. The van der Waals surface area contributed by atoms with Crippen molar-refractivity contribution in [3.63, 3.8) is 0 Å². The van der Waals surface area contributed by atoms with Crippen LogP contribution in [0.5, 0.6) is 5.75 Å². The van der Waals surface area contributed by atoms with Gasteiger partial charge < -0.3 is 10.1 Å². The third-order valence-electron chi connectivity index (χ3n) is 3.18. The minimum absolute atomic E-state index is 0.0520. The number of aromatic nitrogens is 1. The van der Waals surface area contributed by atoms with Gasteiger partial charge in [-0.1, -0.05) is 23.5 Å². The van der Waals surface area contributed by atoms with Gasteiger partial charge in [-0.05, 0) is 23.8 Å². The van der Waals surface area contributed by atoms with E-state index in [1.54, 1.807) is 31.4 Å². The molecule has 1 heterocycles. The highest BCUT2D eigenvalue weighted by molar-refractivity contribution is 7.22. The number of methoxy groups -OCH3 is 1. The predicted octanol–water partition coefficient (Wildman–Crippen LogP) is 3.76. The summed E-state index contributed by atoms with van der Waals surface area (Å²) in [6, 6.07) is 9.05. The third-order valence-corrected chi connectivity index (χ3v) is 4.10. The highest BCUT2D eigenvalue weighted by Gasteiger charge is 2.12. The first-order chi connectivity index (χ1) is 11.0. The lowest BCUT2D eigenvalue weighted by Crippen LogP contribution is -2.14. The number of hydrogen-bond acceptors (Lipinski definition) is 4. The topological polar surface area (TPSA) is 51.2 Å². The molecule has 0 saturated carbocycles. The van der Waals surface area contributed by atoms with Gasteiger partial charge in [0, 0.05) is 6.07 Å². The van der Waals surface area contributed by atoms with Crippen LogP contribution in [-0.2, 0) is 11.2 Å². The number of ether oxygens (including phenoxy) is 1. The fourth-order valence-electron chi connectivity index (χ4n) is 2.10. The van der Waals surface area contributed by atoms with Gasteiger partial charge in [-0.3, -0.25) is 4.79 Å². The van der Waals surface area contributed by atoms with Crippen molar-refractivity contribution in [2.75, 3.05) is 12.4 Å². The molecular weight excluding hydrogens is 322 g/mol. The number of rotatable bonds is 4. The van der Waals surface area contributed by atoms with E-state index in [-0.39, 0.29) is 23.0 Å². The summed E-state index contributed by atoms with van der Waals surface area (Å²) in [4.78, 5) is 16.0. The smallest absolute Gasteiger partial charge is 0.230 e. The number of nitrogens with zero attached hydrogens (tertiary/aromatic N) is 1. The predicted molar refractivity (Wildman–Crippen MR) is 84.9 cm³/mol. The molecule has 118 valence electrons. The number of nitrogens with one attached hydrogen (secondary N) is 1. The molecule has 3 rings (SSSR count). The van der Waals surface area contributed by atoms with Gasteiger partial charge in [0.15, 0.2) is 10.9 Å². The lowest BCUT2D eigenvalue weighted by molar-refractivity contribution is -0.115. The number of carbonyl (C=O) groups is 1. The molecule has 0 aliphatic heterocycles. The quantitative estimate of drug-likeness (QED) is 0.790. The van der Waals surface area contributed by atoms with Crippen LogP contribution in [0.25, 0.3) is 10.2 Å². The van der Waals surface area contributed by atoms with Gasteiger partial charge in [0.05, 0.1) is 18.2 Å². The van der Waals surface area contributed by atoms with Crippen LogP contribution in [0.1, 0.15) is 5.56 Å². The summed E-state index contributed by atoms with van der Waals surface area (Å²) in [5.41, 5.74) is 0.859. The maximum Gasteiger partial charge on any atom is 0.230 e. The minimum Gasteiger partial charge on any atom is -0.497 e. The van der Waals surface area contributed by atoms with E-state index in [4.69, 9.17) is 4.74 Å². The number of carbonyl (C=O) groups excluding carboxylic acids is 1. The molecule has 1 aromatic heterocycles. The molecule has 1 amide bonds. The highest BCUT2D eigenvalue weighted by atomic mass is 32.1. The zero-order valence-corrected chi connectivity index (χ0v) is 12.9. The Morgan fingerprint density at radius 2 is 2.00 bits per heavy atom. The first kappa shape index (κ1) is 15.4. The molecule has 0 aliphatic rings. The molecule has 0 spiro atoms. The maximum absolute atomic E-state index is 13.6. The molecule has 23 heavy (non-hydrogen) atoms. The molecule has 0 atom stereocenters. The summed E-state index contributed by atoms with van der Waals surface area (Å²) in [6.45, 7) is 0. The second kappa shape index (κ2) is 6.29. The first-order valence-electron chi connectivity index (χ1n) is 6.73. The summed E-state index contributed by atoms with van der Waals surface area (Å²) < 4.78 is 32.2. The van der Waals surface area contributed by atoms with Crippen LogP contribution in [0.15, 0.2) is 36.4 Å². The molecule has 0 unspecified atom stereocenters. The third kappa shape index (κ3) is 3.45. The molecule has 7 heteroatoms. The van der Waals surface area contributed by atoms with E-state index in [9.17, 15) is 13.6 Å². The van der Waals surface area contributed by atoms with Crippen molar-refractivity contribution in [2.45, 2.75) is 6.42 Å². The Labute approximate surface area is 134 Å². The van der Waals surface area contributed by atoms with Crippen molar-refractivity contribution >= 4 is 32.6 Å². The van der Waals surface area contributed by atoms with Crippen molar-refractivity contribution in [2.24, 2.45) is 0 Å². The van der Waals surface area contributed by atoms with Crippen LogP contribution in [0.2, 0.25) is 0 Å². The fraction of sp³-hybridized carbons (Fsp3) is 0.125. The summed E-state index contributed by atoms with van der Waals surface area (Å²) in [7, 11) is 1.57. The van der Waals surface area contributed by atoms with E-state index in [2.05, 4.69) is 10.3 Å². The van der Waals surface area contributed by atoms with Crippen molar-refractivity contribution in [3.8, 4) is 5.75 Å². The second-order valence-corrected chi connectivity index (χ2v) is 5.86. The number of anilines is 1. The lowest BCUT2D eigenvalue weighted by Gasteiger charge is -2.03. The molecule has 0 bridgehead atoms. The SMILES string of the molecule is COc1ccc(CC(=O)Nc2nc3c(F)cc(F)cc3s2)cc1. The second-order valence-electron chi connectivity index (χ2n) is 4.83. The van der Waals surface area contributed by atoms with Crippen LogP contribution < -0.4 is 10.1 Å². The van der Waals surface area contributed by atoms with Gasteiger partial charge in [0.2, 0.25) is 5.91 Å². The average molecular weight is 334 g/mol. The molecule has 4 nitrogen and oxygen atoms in total. The van der Waals surface area contributed by atoms with Crippen LogP contribution in [-0.4, -0.2) is 18.0 Å². The molecule has 0 aliphatic carbocycles. The minimum atomic E-state index is -0.744. The molecule has 0 radical (unpaired) electrons. The van der Waals surface area contributed by atoms with Gasteiger partial charge in [0.25, 0.3) is 0 Å². The molecular formula is C16H12F2N2O2S. The number of hydrogen-bond donors (Lipinski definition) is 1. The number of thiazole rings is 1. The number of halogens is 2. The first-order valence-corrected chi connectivity index (χ1v) is 7.55. The fourth-order valence-corrected chi connectivity index (χ4v) is 3.02. The van der Waals surface area contributed by atoms with E-state index in [0.717, 1.165) is 23.0 Å². The summed E-state index contributed by atoms with van der Waals surface area (Å²) >= 11 is 1.03. The summed E-state index contributed by atoms with van der Waals surface area (Å²) in [5.74, 6) is -0.991. The van der Waals surface area contributed by atoms with E-state index < -0.39 is 11.6 Å². The van der Waals surface area contributed by atoms with Crippen LogP contribution in [0, 0.1) is 11.6 Å². The molecule has 0 saturated heterocycles. The molecule has 2 aromatic carbocycles. The Hall–Kier alpha value is -2.54. The Morgan fingerprint density at radius 3 is 2.70 bits per heavy atom. The van der Waals surface area contributed by atoms with Gasteiger partial charge in [-0.15, -0.1) is 0 Å². The molecule has 1 N–H and O–H groups in total. The molecule has 3 aromatic rings. The maximum atomic E-state index is 13.6. The standard InChI is InChI=1S/C16H12F2N2O2S/c1-22-11-4-2-9(3-5-11)6-14(21)19-16-20-15-12(18)7-10(17)8-13(15)23-16/h2-5,7-8H,6H2,1H3,(H,19,20,21). The van der Waals surface area contributed by atoms with Crippen LogP contribution in [0.3, 0.4) is 0 Å². The van der Waals surface area contributed by atoms with Gasteiger partial charge in [-0.2, -0.15) is 0 Å². The van der Waals surface area contributed by atoms with E-state index >= 15 is 0 Å². The molecule has 0 fully saturated rings. The van der Waals surface area contributed by atoms with Gasteiger partial charge in [0.1, 0.15) is 17.1 Å². The van der Waals surface area contributed by atoms with Crippen molar-refractivity contribution < 1.29 is 18.3 Å². The van der Waals surface area contributed by atoms with E-state index in [1.807, 2.05) is 0 Å². The number of benzene rings is 2. The summed E-state index contributed by atoms with van der Waals surface area (Å²) in [6.07, 6.45) is 0.150. The zero-order chi connectivity index (χ0) is 16.4. The largest absolute Gasteiger partial charge is 0.497 e. The Bertz CT molecular complexity index is 862. The van der Waals surface area contributed by atoms with E-state index in [1.165, 1.54) is 6.07 Å². The van der Waals surface area contributed by atoms with Gasteiger partial charge in [-0.25, -0.2) is 13.8 Å². The number of amides is 1. The van der Waals surface area contributed by atoms with Gasteiger partial charge >= 0.3 is 0 Å². The lowest BCUT2D eigenvalue weighted by atomic mass is 10.1. The summed E-state index contributed by atoms with van der Waals surface area (Å²) in [5, 5.41) is 2.84. The normalized spacial score (nSPS) is 10.7. The van der Waals surface area contributed by atoms with Crippen molar-refractivity contribution in [1.29, 1.82) is 0 Å². The Morgan fingerprint density at radius 1 is 1.26 bits per heavy atom. The van der Waals surface area contributed by atoms with Crippen molar-refractivity contribution in [1.82, 2.24) is 4.98 Å². The highest BCUT2D eigenvalue weighted by Crippen LogP contribution is 2.28. The average Bonchev–Trinajstić information content (AvgIpc) is 2.90. The van der Waals surface area contributed by atoms with Crippen molar-refractivity contribution in [3.05, 3.63) is 53.6 Å². The Balaban J connectivity index is 1.73. The van der Waals surface area contributed by atoms with E-state index in [0.29, 0.717) is 10.4 Å². The van der Waals surface area contributed by atoms with Crippen LogP contribution >= 0.6 is 11.3 Å². The Kier molecular flexibility index (Phi) is 4.20. The zero-order valence-electron chi connectivity index (χ0n) is 12.1. The number of fused-ring (bicyclic) bond motifs is 1.